The molecule has 0 aliphatic heterocycles. The molecule has 1 unspecified atom stereocenters. The second kappa shape index (κ2) is 2.97. The molecular weight excluding hydrogens is 170 g/mol. The third-order valence-electron chi connectivity index (χ3n) is 1.45. The van der Waals surface area contributed by atoms with Crippen molar-refractivity contribution in [2.75, 3.05) is 0 Å². The summed E-state index contributed by atoms with van der Waals surface area (Å²) in [5.74, 6) is -6.39. The Hall–Kier alpha value is -0.710. The van der Waals surface area contributed by atoms with Gasteiger partial charge in [-0.15, -0.1) is 0 Å². The molecule has 0 bridgehead atoms. The topological polar surface area (TPSA) is 57.5 Å². The predicted octanol–water partition coefficient (Wildman–Crippen LogP) is 1.11. The van der Waals surface area contributed by atoms with Gasteiger partial charge in [0.25, 0.3) is 0 Å². The normalized spacial score (nSPS) is 15.8. The fourth-order valence-electron chi connectivity index (χ4n) is 0.661. The minimum absolute atomic E-state index is 1.15. The SMILES string of the molecule is CC(C)(C)C(O)C(F)(F)C(=O)O. The van der Waals surface area contributed by atoms with Crippen LogP contribution in [0.15, 0.2) is 0 Å². The number of aliphatic carboxylic acids is 1. The maximum Gasteiger partial charge on any atom is 0.377 e. The molecule has 0 aromatic rings. The smallest absolute Gasteiger partial charge is 0.377 e. The van der Waals surface area contributed by atoms with E-state index in [1.54, 1.807) is 0 Å². The lowest BCUT2D eigenvalue weighted by atomic mass is 9.85. The van der Waals surface area contributed by atoms with Crippen molar-refractivity contribution in [2.24, 2.45) is 5.41 Å². The summed E-state index contributed by atoms with van der Waals surface area (Å²) in [6, 6.07) is 0. The molecule has 0 aromatic carbocycles. The van der Waals surface area contributed by atoms with Gasteiger partial charge in [-0.3, -0.25) is 0 Å². The van der Waals surface area contributed by atoms with Crippen LogP contribution >= 0.6 is 0 Å². The van der Waals surface area contributed by atoms with Crippen LogP contribution in [0.25, 0.3) is 0 Å². The highest BCUT2D eigenvalue weighted by Crippen LogP contribution is 2.32. The summed E-state index contributed by atoms with van der Waals surface area (Å²) in [6.45, 7) is 4.03. The number of aliphatic hydroxyl groups is 1. The molecule has 0 aliphatic rings. The Bertz CT molecular complexity index is 184. The van der Waals surface area contributed by atoms with Gasteiger partial charge in [0.05, 0.1) is 0 Å². The molecule has 0 heterocycles. The zero-order valence-corrected chi connectivity index (χ0v) is 7.14. The van der Waals surface area contributed by atoms with Crippen molar-refractivity contribution in [3.05, 3.63) is 0 Å². The van der Waals surface area contributed by atoms with Crippen molar-refractivity contribution in [3.63, 3.8) is 0 Å². The second-order valence-electron chi connectivity index (χ2n) is 3.70. The van der Waals surface area contributed by atoms with E-state index in [1.165, 1.54) is 20.8 Å². The van der Waals surface area contributed by atoms with Crippen molar-refractivity contribution in [1.82, 2.24) is 0 Å². The molecule has 0 aliphatic carbocycles. The van der Waals surface area contributed by atoms with Gasteiger partial charge in [0, 0.05) is 0 Å². The molecule has 0 aromatic heterocycles. The quantitative estimate of drug-likeness (QED) is 0.672. The zero-order valence-electron chi connectivity index (χ0n) is 7.14. The first kappa shape index (κ1) is 11.3. The van der Waals surface area contributed by atoms with Crippen molar-refractivity contribution >= 4 is 5.97 Å². The summed E-state index contributed by atoms with van der Waals surface area (Å²) in [5, 5.41) is 17.0. The van der Waals surface area contributed by atoms with Crippen LogP contribution in [0.2, 0.25) is 0 Å². The van der Waals surface area contributed by atoms with Gasteiger partial charge in [0.1, 0.15) is 6.10 Å². The molecule has 72 valence electrons. The molecule has 0 radical (unpaired) electrons. The van der Waals surface area contributed by atoms with E-state index in [0.717, 1.165) is 0 Å². The Morgan fingerprint density at radius 1 is 1.33 bits per heavy atom. The molecule has 3 nitrogen and oxygen atoms in total. The lowest BCUT2D eigenvalue weighted by molar-refractivity contribution is -0.193. The van der Waals surface area contributed by atoms with Gasteiger partial charge in [-0.05, 0) is 5.41 Å². The number of halogens is 2. The second-order valence-corrected chi connectivity index (χ2v) is 3.70. The summed E-state index contributed by atoms with van der Waals surface area (Å²) in [4.78, 5) is 10.00. The van der Waals surface area contributed by atoms with E-state index in [-0.39, 0.29) is 0 Å². The van der Waals surface area contributed by atoms with Gasteiger partial charge in [-0.25, -0.2) is 4.79 Å². The van der Waals surface area contributed by atoms with Gasteiger partial charge in [-0.1, -0.05) is 20.8 Å². The zero-order chi connectivity index (χ0) is 10.2. The number of alkyl halides is 2. The largest absolute Gasteiger partial charge is 0.477 e. The molecule has 0 saturated carbocycles. The van der Waals surface area contributed by atoms with Gasteiger partial charge in [0.2, 0.25) is 0 Å². The van der Waals surface area contributed by atoms with Crippen molar-refractivity contribution in [3.8, 4) is 0 Å². The predicted molar refractivity (Wildman–Crippen MR) is 38.0 cm³/mol. The molecule has 0 amide bonds. The monoisotopic (exact) mass is 182 g/mol. The summed E-state index contributed by atoms with van der Waals surface area (Å²) in [5.41, 5.74) is -1.15. The van der Waals surface area contributed by atoms with E-state index in [4.69, 9.17) is 10.2 Å². The van der Waals surface area contributed by atoms with E-state index in [9.17, 15) is 13.6 Å². The van der Waals surface area contributed by atoms with Gasteiger partial charge >= 0.3 is 11.9 Å². The van der Waals surface area contributed by atoms with Crippen LogP contribution < -0.4 is 0 Å². The third kappa shape index (κ3) is 2.14. The fraction of sp³-hybridized carbons (Fsp3) is 0.857. The van der Waals surface area contributed by atoms with Crippen LogP contribution in [-0.2, 0) is 4.79 Å². The molecule has 12 heavy (non-hydrogen) atoms. The molecular formula is C7H12F2O3. The average Bonchev–Trinajstić information content (AvgIpc) is 1.83. The number of hydrogen-bond acceptors (Lipinski definition) is 2. The standard InChI is InChI=1S/C7H12F2O3/c1-6(2,3)4(10)7(8,9)5(11)12/h4,10H,1-3H3,(H,11,12). The highest BCUT2D eigenvalue weighted by Gasteiger charge is 2.51. The maximum atomic E-state index is 12.6. The number of hydrogen-bond donors (Lipinski definition) is 2. The van der Waals surface area contributed by atoms with Crippen molar-refractivity contribution < 1.29 is 23.8 Å². The molecule has 2 N–H and O–H groups in total. The average molecular weight is 182 g/mol. The summed E-state index contributed by atoms with van der Waals surface area (Å²) in [6.07, 6.45) is -2.18. The first-order chi connectivity index (χ1) is 5.10. The Kier molecular flexibility index (Phi) is 2.79. The Morgan fingerprint density at radius 3 is 1.75 bits per heavy atom. The first-order valence-electron chi connectivity index (χ1n) is 3.39. The number of carboxylic acids is 1. The molecule has 0 spiro atoms. The molecule has 0 rings (SSSR count). The highest BCUT2D eigenvalue weighted by atomic mass is 19.3. The van der Waals surface area contributed by atoms with Gasteiger partial charge in [0.15, 0.2) is 0 Å². The molecule has 0 saturated heterocycles. The maximum absolute atomic E-state index is 12.6. The fourth-order valence-corrected chi connectivity index (χ4v) is 0.661. The van der Waals surface area contributed by atoms with E-state index in [2.05, 4.69) is 0 Å². The van der Waals surface area contributed by atoms with Crippen molar-refractivity contribution in [2.45, 2.75) is 32.8 Å². The van der Waals surface area contributed by atoms with Crippen LogP contribution in [0.5, 0.6) is 0 Å². The lowest BCUT2D eigenvalue weighted by Crippen LogP contribution is -2.48. The summed E-state index contributed by atoms with van der Waals surface area (Å²) in [7, 11) is 0. The number of carbonyl (C=O) groups is 1. The van der Waals surface area contributed by atoms with Gasteiger partial charge in [-0.2, -0.15) is 8.78 Å². The van der Waals surface area contributed by atoms with E-state index in [1.807, 2.05) is 0 Å². The number of aliphatic hydroxyl groups excluding tert-OH is 1. The van der Waals surface area contributed by atoms with Gasteiger partial charge < -0.3 is 10.2 Å². The minimum Gasteiger partial charge on any atom is -0.477 e. The summed E-state index contributed by atoms with van der Waals surface area (Å²) >= 11 is 0. The van der Waals surface area contributed by atoms with Crippen LogP contribution in [0.4, 0.5) is 8.78 Å². The highest BCUT2D eigenvalue weighted by molar-refractivity contribution is 5.76. The van der Waals surface area contributed by atoms with Crippen LogP contribution in [0.1, 0.15) is 20.8 Å². The van der Waals surface area contributed by atoms with Crippen LogP contribution in [0, 0.1) is 5.41 Å². The first-order valence-corrected chi connectivity index (χ1v) is 3.39. The third-order valence-corrected chi connectivity index (χ3v) is 1.45. The van der Waals surface area contributed by atoms with Crippen LogP contribution in [0.3, 0.4) is 0 Å². The van der Waals surface area contributed by atoms with Crippen LogP contribution in [-0.4, -0.2) is 28.2 Å². The van der Waals surface area contributed by atoms with Crippen molar-refractivity contribution in [1.29, 1.82) is 0 Å². The summed E-state index contributed by atoms with van der Waals surface area (Å²) < 4.78 is 25.2. The Morgan fingerprint density at radius 2 is 1.67 bits per heavy atom. The molecule has 5 heteroatoms. The number of rotatable bonds is 2. The van der Waals surface area contributed by atoms with E-state index >= 15 is 0 Å². The minimum atomic E-state index is -4.09. The number of carboxylic acid groups (broad SMARTS) is 1. The Labute approximate surface area is 69.0 Å². The Balaban J connectivity index is 4.69. The molecule has 1 atom stereocenters. The van der Waals surface area contributed by atoms with E-state index < -0.39 is 23.4 Å². The lowest BCUT2D eigenvalue weighted by Gasteiger charge is -2.29. The van der Waals surface area contributed by atoms with E-state index in [0.29, 0.717) is 0 Å². The molecule has 0 fully saturated rings.